The predicted molar refractivity (Wildman–Crippen MR) is 79.4 cm³/mol. The monoisotopic (exact) mass is 291 g/mol. The molecule has 114 valence electrons. The Balaban J connectivity index is 1.88. The summed E-state index contributed by atoms with van der Waals surface area (Å²) in [4.78, 5) is 17.2. The molecule has 2 atom stereocenters. The summed E-state index contributed by atoms with van der Waals surface area (Å²) in [7, 11) is 0. The number of hydrogen-bond donors (Lipinski definition) is 1. The van der Waals surface area contributed by atoms with Gasteiger partial charge in [-0.1, -0.05) is 12.8 Å². The van der Waals surface area contributed by atoms with E-state index in [4.69, 9.17) is 0 Å². The zero-order valence-electron chi connectivity index (χ0n) is 12.3. The molecule has 1 aromatic heterocycles. The number of aliphatic hydroxyl groups is 1. The Bertz CT molecular complexity index is 563. The van der Waals surface area contributed by atoms with Crippen LogP contribution >= 0.6 is 0 Å². The molecule has 1 N–H and O–H groups in total. The smallest absolute Gasteiger partial charge is 0.311 e. The molecule has 0 spiro atoms. The van der Waals surface area contributed by atoms with Gasteiger partial charge in [-0.3, -0.25) is 10.1 Å². The molecule has 1 aromatic rings. The Morgan fingerprint density at radius 3 is 3.00 bits per heavy atom. The molecule has 2 fully saturated rings. The maximum atomic E-state index is 11.2. The number of piperidine rings is 1. The number of fused-ring (bicyclic) bond motifs is 1. The molecule has 0 amide bonds. The number of nitro groups is 1. The number of anilines is 1. The van der Waals surface area contributed by atoms with Gasteiger partial charge < -0.3 is 10.0 Å². The summed E-state index contributed by atoms with van der Waals surface area (Å²) in [6, 6.07) is 3.20. The Morgan fingerprint density at radius 1 is 1.43 bits per heavy atom. The molecule has 1 saturated carbocycles. The van der Waals surface area contributed by atoms with E-state index in [-0.39, 0.29) is 16.5 Å². The molecule has 1 saturated heterocycles. The number of nitrogens with zero attached hydrogens (tertiary/aromatic N) is 3. The molecule has 6 heteroatoms. The second-order valence-electron chi connectivity index (χ2n) is 6.29. The van der Waals surface area contributed by atoms with E-state index in [0.29, 0.717) is 25.3 Å². The van der Waals surface area contributed by atoms with Crippen LogP contribution in [0.2, 0.25) is 0 Å². The van der Waals surface area contributed by atoms with Gasteiger partial charge in [-0.15, -0.1) is 0 Å². The van der Waals surface area contributed by atoms with Crippen LogP contribution in [-0.4, -0.2) is 33.7 Å². The Kier molecular flexibility index (Phi) is 3.57. The highest BCUT2D eigenvalue weighted by atomic mass is 16.6. The maximum absolute atomic E-state index is 11.2. The van der Waals surface area contributed by atoms with Crippen LogP contribution in [0.15, 0.2) is 12.1 Å². The van der Waals surface area contributed by atoms with E-state index in [1.54, 1.807) is 6.07 Å². The van der Waals surface area contributed by atoms with Crippen molar-refractivity contribution in [3.63, 3.8) is 0 Å². The summed E-state index contributed by atoms with van der Waals surface area (Å²) in [6.07, 6.45) is 4.73. The molecule has 3 rings (SSSR count). The van der Waals surface area contributed by atoms with Crippen LogP contribution in [0.4, 0.5) is 11.5 Å². The minimum atomic E-state index is -0.576. The topological polar surface area (TPSA) is 79.5 Å². The number of pyridine rings is 1. The quantitative estimate of drug-likeness (QED) is 0.668. The first-order valence-corrected chi connectivity index (χ1v) is 7.59. The average molecular weight is 291 g/mol. The molecular formula is C15H21N3O3. The zero-order chi connectivity index (χ0) is 15.0. The van der Waals surface area contributed by atoms with Crippen molar-refractivity contribution in [1.82, 2.24) is 4.98 Å². The first-order chi connectivity index (χ1) is 9.99. The van der Waals surface area contributed by atoms with Crippen LogP contribution in [0, 0.1) is 23.0 Å². The summed E-state index contributed by atoms with van der Waals surface area (Å²) in [5, 5.41) is 21.9. The van der Waals surface area contributed by atoms with E-state index in [1.165, 1.54) is 6.07 Å². The van der Waals surface area contributed by atoms with Gasteiger partial charge in [0.2, 0.25) is 5.82 Å². The summed E-state index contributed by atoms with van der Waals surface area (Å²) in [5.74, 6) is 0.648. The van der Waals surface area contributed by atoms with Crippen LogP contribution in [0.1, 0.15) is 37.8 Å². The minimum Gasteiger partial charge on any atom is -0.389 e. The van der Waals surface area contributed by atoms with Gasteiger partial charge in [0.15, 0.2) is 0 Å². The molecule has 2 aliphatic rings. The molecule has 21 heavy (non-hydrogen) atoms. The van der Waals surface area contributed by atoms with Gasteiger partial charge in [0.05, 0.1) is 10.5 Å². The van der Waals surface area contributed by atoms with E-state index in [9.17, 15) is 15.2 Å². The fourth-order valence-electron chi connectivity index (χ4n) is 3.67. The third-order valence-corrected chi connectivity index (χ3v) is 4.92. The predicted octanol–water partition coefficient (Wildman–Crippen LogP) is 2.43. The van der Waals surface area contributed by atoms with Crippen molar-refractivity contribution in [2.24, 2.45) is 5.92 Å². The summed E-state index contributed by atoms with van der Waals surface area (Å²) >= 11 is 0. The molecule has 0 aromatic carbocycles. The van der Waals surface area contributed by atoms with Crippen LogP contribution in [0.25, 0.3) is 0 Å². The molecule has 2 unspecified atom stereocenters. The Morgan fingerprint density at radius 2 is 2.24 bits per heavy atom. The number of aryl methyl sites for hydroxylation is 1. The third kappa shape index (κ3) is 2.60. The molecule has 1 aliphatic heterocycles. The van der Waals surface area contributed by atoms with Gasteiger partial charge in [-0.05, 0) is 32.3 Å². The van der Waals surface area contributed by atoms with Gasteiger partial charge in [0.25, 0.3) is 0 Å². The minimum absolute atomic E-state index is 0.0573. The van der Waals surface area contributed by atoms with Crippen molar-refractivity contribution < 1.29 is 10.0 Å². The van der Waals surface area contributed by atoms with Crippen molar-refractivity contribution >= 4 is 11.5 Å². The molecule has 0 radical (unpaired) electrons. The maximum Gasteiger partial charge on any atom is 0.311 e. The summed E-state index contributed by atoms with van der Waals surface area (Å²) in [5.41, 5.74) is 0.259. The van der Waals surface area contributed by atoms with Crippen molar-refractivity contribution in [3.05, 3.63) is 27.9 Å². The van der Waals surface area contributed by atoms with E-state index < -0.39 is 5.60 Å². The van der Waals surface area contributed by atoms with Crippen molar-refractivity contribution in [1.29, 1.82) is 0 Å². The van der Waals surface area contributed by atoms with Crippen molar-refractivity contribution in [3.8, 4) is 0 Å². The van der Waals surface area contributed by atoms with Gasteiger partial charge in [-0.2, -0.15) is 0 Å². The molecule has 1 aliphatic carbocycles. The fourth-order valence-corrected chi connectivity index (χ4v) is 3.67. The number of rotatable bonds is 2. The normalized spacial score (nSPS) is 29.0. The highest BCUT2D eigenvalue weighted by Crippen LogP contribution is 2.41. The molecule has 2 heterocycles. The lowest BCUT2D eigenvalue weighted by atomic mass is 9.71. The second-order valence-corrected chi connectivity index (χ2v) is 6.29. The first kappa shape index (κ1) is 14.3. The Hall–Kier alpha value is -1.69. The third-order valence-electron chi connectivity index (χ3n) is 4.92. The summed E-state index contributed by atoms with van der Waals surface area (Å²) < 4.78 is 0. The standard InChI is InChI=1S/C15H21N3O3/c1-11-5-6-13(18(20)21)14(16-11)17-9-8-15(19)7-3-2-4-12(15)10-17/h5-6,12,19H,2-4,7-10H2,1H3. The zero-order valence-corrected chi connectivity index (χ0v) is 12.3. The lowest BCUT2D eigenvalue weighted by molar-refractivity contribution is -0.384. The highest BCUT2D eigenvalue weighted by molar-refractivity contribution is 5.58. The van der Waals surface area contributed by atoms with Crippen LogP contribution < -0.4 is 4.90 Å². The van der Waals surface area contributed by atoms with Crippen LogP contribution in [0.5, 0.6) is 0 Å². The van der Waals surface area contributed by atoms with Crippen LogP contribution in [-0.2, 0) is 0 Å². The van der Waals surface area contributed by atoms with Gasteiger partial charge in [0, 0.05) is 30.8 Å². The largest absolute Gasteiger partial charge is 0.389 e. The van der Waals surface area contributed by atoms with E-state index in [1.807, 2.05) is 11.8 Å². The molecule has 0 bridgehead atoms. The van der Waals surface area contributed by atoms with Gasteiger partial charge >= 0.3 is 5.69 Å². The van der Waals surface area contributed by atoms with Crippen molar-refractivity contribution in [2.75, 3.05) is 18.0 Å². The SMILES string of the molecule is Cc1ccc([N+](=O)[O-])c(N2CCC3(O)CCCCC3C2)n1. The summed E-state index contributed by atoms with van der Waals surface area (Å²) in [6.45, 7) is 3.13. The highest BCUT2D eigenvalue weighted by Gasteiger charge is 2.43. The van der Waals surface area contributed by atoms with E-state index in [0.717, 1.165) is 31.4 Å². The van der Waals surface area contributed by atoms with Gasteiger partial charge in [-0.25, -0.2) is 4.98 Å². The number of aromatic nitrogens is 1. The Labute approximate surface area is 123 Å². The number of hydrogen-bond acceptors (Lipinski definition) is 5. The molecule has 6 nitrogen and oxygen atoms in total. The second kappa shape index (κ2) is 5.26. The first-order valence-electron chi connectivity index (χ1n) is 7.59. The fraction of sp³-hybridized carbons (Fsp3) is 0.667. The average Bonchev–Trinajstić information content (AvgIpc) is 2.45. The lowest BCUT2D eigenvalue weighted by Gasteiger charge is -2.47. The van der Waals surface area contributed by atoms with Crippen LogP contribution in [0.3, 0.4) is 0 Å². The lowest BCUT2D eigenvalue weighted by Crippen LogP contribution is -2.53. The van der Waals surface area contributed by atoms with Gasteiger partial charge in [0.1, 0.15) is 0 Å². The van der Waals surface area contributed by atoms with E-state index >= 15 is 0 Å². The van der Waals surface area contributed by atoms with Crippen molar-refractivity contribution in [2.45, 2.75) is 44.6 Å². The van der Waals surface area contributed by atoms with E-state index in [2.05, 4.69) is 4.98 Å². The molecular weight excluding hydrogens is 270 g/mol.